The SMILES string of the molecule is CCC1CCCC(C(O)c2ccccc2OC(F)F)C1. The number of ether oxygens (including phenoxy) is 1. The Morgan fingerprint density at radius 3 is 2.75 bits per heavy atom. The van der Waals surface area contributed by atoms with E-state index in [1.165, 1.54) is 12.5 Å². The van der Waals surface area contributed by atoms with E-state index in [1.807, 2.05) is 0 Å². The summed E-state index contributed by atoms with van der Waals surface area (Å²) < 4.78 is 29.4. The molecule has 3 atom stereocenters. The van der Waals surface area contributed by atoms with Gasteiger partial charge in [-0.3, -0.25) is 0 Å². The second-order valence-corrected chi connectivity index (χ2v) is 5.56. The molecule has 3 unspecified atom stereocenters. The summed E-state index contributed by atoms with van der Waals surface area (Å²) in [6, 6.07) is 6.56. The quantitative estimate of drug-likeness (QED) is 0.860. The summed E-state index contributed by atoms with van der Waals surface area (Å²) in [5.41, 5.74) is 0.481. The van der Waals surface area contributed by atoms with Crippen LogP contribution in [0.2, 0.25) is 0 Å². The molecular weight excluding hydrogens is 262 g/mol. The lowest BCUT2D eigenvalue weighted by atomic mass is 9.76. The Hall–Kier alpha value is -1.16. The summed E-state index contributed by atoms with van der Waals surface area (Å²) in [6.45, 7) is -0.703. The molecule has 1 aromatic carbocycles. The van der Waals surface area contributed by atoms with Crippen molar-refractivity contribution in [1.82, 2.24) is 0 Å². The van der Waals surface area contributed by atoms with Gasteiger partial charge >= 0.3 is 6.61 Å². The van der Waals surface area contributed by atoms with Crippen molar-refractivity contribution in [2.45, 2.75) is 51.7 Å². The van der Waals surface area contributed by atoms with Gasteiger partial charge in [0, 0.05) is 5.56 Å². The second-order valence-electron chi connectivity index (χ2n) is 5.56. The van der Waals surface area contributed by atoms with Crippen molar-refractivity contribution in [3.8, 4) is 5.75 Å². The third-order valence-electron chi connectivity index (χ3n) is 4.30. The number of hydrogen-bond acceptors (Lipinski definition) is 2. The van der Waals surface area contributed by atoms with Gasteiger partial charge in [0.15, 0.2) is 0 Å². The van der Waals surface area contributed by atoms with Gasteiger partial charge in [-0.1, -0.05) is 44.4 Å². The summed E-state index contributed by atoms with van der Waals surface area (Å²) in [5.74, 6) is 0.858. The largest absolute Gasteiger partial charge is 0.434 e. The first-order chi connectivity index (χ1) is 9.61. The molecule has 1 fully saturated rings. The maximum Gasteiger partial charge on any atom is 0.387 e. The fourth-order valence-corrected chi connectivity index (χ4v) is 3.17. The van der Waals surface area contributed by atoms with Crippen LogP contribution < -0.4 is 4.74 Å². The number of benzene rings is 1. The van der Waals surface area contributed by atoms with Crippen LogP contribution in [0.15, 0.2) is 24.3 Å². The standard InChI is InChI=1S/C16H22F2O2/c1-2-11-6-5-7-12(10-11)15(19)13-8-3-4-9-14(13)20-16(17)18/h3-4,8-9,11-12,15-16,19H,2,5-7,10H2,1H3. The molecule has 1 aliphatic carbocycles. The molecule has 1 aliphatic rings. The van der Waals surface area contributed by atoms with E-state index in [4.69, 9.17) is 0 Å². The molecule has 4 heteroatoms. The van der Waals surface area contributed by atoms with E-state index in [0.717, 1.165) is 25.7 Å². The van der Waals surface area contributed by atoms with Gasteiger partial charge in [0.05, 0.1) is 6.10 Å². The number of halogens is 2. The number of para-hydroxylation sites is 1. The first kappa shape index (κ1) is 15.2. The summed E-state index contributed by atoms with van der Waals surface area (Å²) in [7, 11) is 0. The Morgan fingerprint density at radius 2 is 2.05 bits per heavy atom. The molecule has 0 heterocycles. The predicted octanol–water partition coefficient (Wildman–Crippen LogP) is 4.54. The van der Waals surface area contributed by atoms with Crippen LogP contribution in [0.25, 0.3) is 0 Å². The number of aliphatic hydroxyl groups excluding tert-OH is 1. The molecule has 0 aromatic heterocycles. The molecular formula is C16H22F2O2. The van der Waals surface area contributed by atoms with E-state index in [2.05, 4.69) is 11.7 Å². The van der Waals surface area contributed by atoms with Crippen LogP contribution in [0.3, 0.4) is 0 Å². The molecule has 0 amide bonds. The number of rotatable bonds is 5. The van der Waals surface area contributed by atoms with Gasteiger partial charge in [-0.2, -0.15) is 8.78 Å². The van der Waals surface area contributed by atoms with Crippen LogP contribution in [0, 0.1) is 11.8 Å². The summed E-state index contributed by atoms with van der Waals surface area (Å²) in [4.78, 5) is 0. The highest BCUT2D eigenvalue weighted by molar-refractivity contribution is 5.35. The molecule has 112 valence electrons. The summed E-state index contributed by atoms with van der Waals surface area (Å²) >= 11 is 0. The van der Waals surface area contributed by atoms with Crippen molar-refractivity contribution >= 4 is 0 Å². The lowest BCUT2D eigenvalue weighted by molar-refractivity contribution is -0.0526. The van der Waals surface area contributed by atoms with E-state index in [1.54, 1.807) is 18.2 Å². The maximum atomic E-state index is 12.4. The van der Waals surface area contributed by atoms with Crippen LogP contribution in [-0.4, -0.2) is 11.7 Å². The smallest absolute Gasteiger partial charge is 0.387 e. The molecule has 2 rings (SSSR count). The first-order valence-electron chi connectivity index (χ1n) is 7.33. The van der Waals surface area contributed by atoms with Crippen molar-refractivity contribution in [3.63, 3.8) is 0 Å². The Balaban J connectivity index is 2.13. The lowest BCUT2D eigenvalue weighted by Gasteiger charge is -2.32. The molecule has 0 radical (unpaired) electrons. The molecule has 2 nitrogen and oxygen atoms in total. The Bertz CT molecular complexity index is 423. The molecule has 0 spiro atoms. The Morgan fingerprint density at radius 1 is 1.30 bits per heavy atom. The van der Waals surface area contributed by atoms with Crippen molar-refractivity contribution in [2.24, 2.45) is 11.8 Å². The minimum atomic E-state index is -2.86. The topological polar surface area (TPSA) is 29.5 Å². The van der Waals surface area contributed by atoms with Gasteiger partial charge in [-0.15, -0.1) is 0 Å². The highest BCUT2D eigenvalue weighted by Crippen LogP contribution is 2.40. The third-order valence-corrected chi connectivity index (χ3v) is 4.30. The maximum absolute atomic E-state index is 12.4. The minimum Gasteiger partial charge on any atom is -0.434 e. The average molecular weight is 284 g/mol. The molecule has 1 N–H and O–H groups in total. The molecule has 1 aromatic rings. The van der Waals surface area contributed by atoms with E-state index in [9.17, 15) is 13.9 Å². The summed E-state index contributed by atoms with van der Waals surface area (Å²) in [6.07, 6.45) is 4.59. The molecule has 0 bridgehead atoms. The van der Waals surface area contributed by atoms with Crippen LogP contribution in [-0.2, 0) is 0 Å². The molecule has 0 aliphatic heterocycles. The number of hydrogen-bond donors (Lipinski definition) is 1. The highest BCUT2D eigenvalue weighted by atomic mass is 19.3. The van der Waals surface area contributed by atoms with Gasteiger partial charge in [0.2, 0.25) is 0 Å². The summed E-state index contributed by atoms with van der Waals surface area (Å²) in [5, 5.41) is 10.5. The zero-order valence-corrected chi connectivity index (χ0v) is 11.8. The number of alkyl halides is 2. The van der Waals surface area contributed by atoms with Gasteiger partial charge in [-0.05, 0) is 30.7 Å². The van der Waals surface area contributed by atoms with Crippen LogP contribution in [0.1, 0.15) is 50.7 Å². The molecule has 0 saturated heterocycles. The zero-order valence-electron chi connectivity index (χ0n) is 11.8. The third kappa shape index (κ3) is 3.69. The van der Waals surface area contributed by atoms with Crippen molar-refractivity contribution in [2.75, 3.05) is 0 Å². The van der Waals surface area contributed by atoms with Gasteiger partial charge in [0.25, 0.3) is 0 Å². The lowest BCUT2D eigenvalue weighted by Crippen LogP contribution is -2.22. The van der Waals surface area contributed by atoms with E-state index < -0.39 is 12.7 Å². The van der Waals surface area contributed by atoms with Crippen molar-refractivity contribution in [3.05, 3.63) is 29.8 Å². The second kappa shape index (κ2) is 7.02. The first-order valence-corrected chi connectivity index (χ1v) is 7.33. The van der Waals surface area contributed by atoms with Gasteiger partial charge in [-0.25, -0.2) is 0 Å². The van der Waals surface area contributed by atoms with Gasteiger partial charge < -0.3 is 9.84 Å². The van der Waals surface area contributed by atoms with E-state index in [-0.39, 0.29) is 11.7 Å². The van der Waals surface area contributed by atoms with Crippen LogP contribution in [0.4, 0.5) is 8.78 Å². The Kier molecular flexibility index (Phi) is 5.35. The van der Waals surface area contributed by atoms with E-state index >= 15 is 0 Å². The van der Waals surface area contributed by atoms with Crippen LogP contribution in [0.5, 0.6) is 5.75 Å². The zero-order chi connectivity index (χ0) is 14.5. The number of aliphatic hydroxyl groups is 1. The van der Waals surface area contributed by atoms with Crippen molar-refractivity contribution in [1.29, 1.82) is 0 Å². The molecule has 1 saturated carbocycles. The Labute approximate surface area is 118 Å². The van der Waals surface area contributed by atoms with Crippen LogP contribution >= 0.6 is 0 Å². The fraction of sp³-hybridized carbons (Fsp3) is 0.625. The normalized spacial score (nSPS) is 24.6. The fourth-order valence-electron chi connectivity index (χ4n) is 3.17. The van der Waals surface area contributed by atoms with Gasteiger partial charge in [0.1, 0.15) is 5.75 Å². The average Bonchev–Trinajstić information content (AvgIpc) is 2.46. The monoisotopic (exact) mass is 284 g/mol. The van der Waals surface area contributed by atoms with Crippen molar-refractivity contribution < 1.29 is 18.6 Å². The highest BCUT2D eigenvalue weighted by Gasteiger charge is 2.29. The van der Waals surface area contributed by atoms with E-state index in [0.29, 0.717) is 11.5 Å². The minimum absolute atomic E-state index is 0.0913. The predicted molar refractivity (Wildman–Crippen MR) is 73.8 cm³/mol. The molecule has 20 heavy (non-hydrogen) atoms.